The zero-order valence-corrected chi connectivity index (χ0v) is 19.7. The van der Waals surface area contributed by atoms with E-state index in [0.717, 1.165) is 29.3 Å². The van der Waals surface area contributed by atoms with Crippen LogP contribution in [0.2, 0.25) is 0 Å². The number of nitrogens with one attached hydrogen (secondary N) is 1. The number of hydrogen-bond donors (Lipinski definition) is 2. The van der Waals surface area contributed by atoms with Gasteiger partial charge in [-0.3, -0.25) is 4.79 Å². The minimum absolute atomic E-state index is 0. The van der Waals surface area contributed by atoms with E-state index in [0.29, 0.717) is 13.0 Å². The standard InChI is InChI=1S/C27H44N2O2.Na.H/c1-2-3-4-5-6-7-8-9-10-11-12-13-14-17-20-31-27(30)25(28)21-23-22-29-26-19-16-15-18-24(23)26;;/h15-16,18-19,22,25,29H,2-14,17,20-21,28H2,1H3;;/t25-;;/m0../s1. The molecule has 0 unspecified atom stereocenters. The number of aromatic nitrogens is 1. The molecule has 0 aliphatic heterocycles. The molecular formula is C27H45N2NaO2. The minimum atomic E-state index is -0.606. The summed E-state index contributed by atoms with van der Waals surface area (Å²) < 4.78 is 5.40. The van der Waals surface area contributed by atoms with E-state index in [1.54, 1.807) is 0 Å². The molecule has 0 radical (unpaired) electrons. The van der Waals surface area contributed by atoms with Crippen LogP contribution in [0.1, 0.15) is 102 Å². The van der Waals surface area contributed by atoms with E-state index >= 15 is 0 Å². The number of nitrogens with two attached hydrogens (primary N) is 1. The molecule has 0 spiro atoms. The topological polar surface area (TPSA) is 68.1 Å². The first kappa shape index (κ1) is 29.2. The van der Waals surface area contributed by atoms with Gasteiger partial charge in [0.25, 0.3) is 0 Å². The quantitative estimate of drug-likeness (QED) is 0.156. The van der Waals surface area contributed by atoms with Gasteiger partial charge in [-0.15, -0.1) is 0 Å². The monoisotopic (exact) mass is 452 g/mol. The van der Waals surface area contributed by atoms with Gasteiger partial charge in [-0.1, -0.05) is 109 Å². The molecule has 1 heterocycles. The van der Waals surface area contributed by atoms with Gasteiger partial charge < -0.3 is 15.5 Å². The Morgan fingerprint density at radius 2 is 1.41 bits per heavy atom. The van der Waals surface area contributed by atoms with E-state index < -0.39 is 6.04 Å². The number of H-pyrrole nitrogens is 1. The Labute approximate surface area is 217 Å². The van der Waals surface area contributed by atoms with Crippen LogP contribution in [0, 0.1) is 0 Å². The first-order valence-electron chi connectivity index (χ1n) is 12.7. The molecule has 2 rings (SSSR count). The number of benzene rings is 1. The summed E-state index contributed by atoms with van der Waals surface area (Å²) in [6.45, 7) is 2.76. The summed E-state index contributed by atoms with van der Waals surface area (Å²) in [6.07, 6.45) is 20.9. The van der Waals surface area contributed by atoms with Crippen molar-refractivity contribution in [2.24, 2.45) is 5.73 Å². The molecule has 0 aliphatic rings. The number of fused-ring (bicyclic) bond motifs is 1. The van der Waals surface area contributed by atoms with Crippen LogP contribution >= 0.6 is 0 Å². The van der Waals surface area contributed by atoms with Crippen LogP contribution in [0.5, 0.6) is 0 Å². The van der Waals surface area contributed by atoms with E-state index in [9.17, 15) is 4.79 Å². The second kappa shape index (κ2) is 18.6. The fourth-order valence-corrected chi connectivity index (χ4v) is 4.20. The molecule has 0 aliphatic carbocycles. The summed E-state index contributed by atoms with van der Waals surface area (Å²) in [5.41, 5.74) is 8.21. The number of rotatable bonds is 18. The number of esters is 1. The van der Waals surface area contributed by atoms with Crippen molar-refractivity contribution in [1.29, 1.82) is 0 Å². The molecule has 0 bridgehead atoms. The number of carbonyl (C=O) groups is 1. The Balaban J connectivity index is 0.00000512. The van der Waals surface area contributed by atoms with Crippen LogP contribution in [0.15, 0.2) is 30.5 Å². The normalized spacial score (nSPS) is 11.9. The van der Waals surface area contributed by atoms with Crippen molar-refractivity contribution in [3.05, 3.63) is 36.0 Å². The van der Waals surface area contributed by atoms with Gasteiger partial charge in [0.2, 0.25) is 0 Å². The molecule has 0 saturated heterocycles. The molecule has 3 N–H and O–H groups in total. The van der Waals surface area contributed by atoms with E-state index in [2.05, 4.69) is 11.9 Å². The third-order valence-electron chi connectivity index (χ3n) is 6.16. The van der Waals surface area contributed by atoms with Crippen LogP contribution in [0.4, 0.5) is 0 Å². The van der Waals surface area contributed by atoms with Gasteiger partial charge in [0.05, 0.1) is 6.61 Å². The van der Waals surface area contributed by atoms with Crippen molar-refractivity contribution in [2.75, 3.05) is 6.61 Å². The molecule has 0 saturated carbocycles. The molecular weight excluding hydrogens is 407 g/mol. The van der Waals surface area contributed by atoms with Crippen LogP contribution < -0.4 is 5.73 Å². The summed E-state index contributed by atoms with van der Waals surface area (Å²) in [4.78, 5) is 15.4. The van der Waals surface area contributed by atoms with Gasteiger partial charge in [0, 0.05) is 23.5 Å². The predicted molar refractivity (Wildman–Crippen MR) is 138 cm³/mol. The number of hydrogen-bond acceptors (Lipinski definition) is 3. The summed E-state index contributed by atoms with van der Waals surface area (Å²) >= 11 is 0. The number of ether oxygens (including phenoxy) is 1. The average molecular weight is 453 g/mol. The van der Waals surface area contributed by atoms with Crippen LogP contribution in [0.25, 0.3) is 10.9 Å². The number of para-hydroxylation sites is 1. The van der Waals surface area contributed by atoms with Crippen molar-refractivity contribution in [1.82, 2.24) is 4.98 Å². The summed E-state index contributed by atoms with van der Waals surface area (Å²) in [6, 6.07) is 7.46. The molecule has 0 amide bonds. The molecule has 1 aromatic heterocycles. The third kappa shape index (κ3) is 11.9. The summed E-state index contributed by atoms with van der Waals surface area (Å²) in [5.74, 6) is -0.292. The van der Waals surface area contributed by atoms with Gasteiger partial charge in [-0.2, -0.15) is 0 Å². The molecule has 0 fully saturated rings. The van der Waals surface area contributed by atoms with Gasteiger partial charge in [0.1, 0.15) is 6.04 Å². The Bertz CT molecular complexity index is 731. The molecule has 32 heavy (non-hydrogen) atoms. The molecule has 4 nitrogen and oxygen atoms in total. The summed E-state index contributed by atoms with van der Waals surface area (Å²) in [7, 11) is 0. The average Bonchev–Trinajstić information content (AvgIpc) is 3.19. The molecule has 1 aromatic carbocycles. The Hall–Kier alpha value is -0.810. The number of aromatic amines is 1. The Morgan fingerprint density at radius 3 is 2.00 bits per heavy atom. The van der Waals surface area contributed by atoms with Crippen molar-refractivity contribution < 1.29 is 9.53 Å². The van der Waals surface area contributed by atoms with E-state index in [1.807, 2.05) is 30.5 Å². The number of unbranched alkanes of at least 4 members (excludes halogenated alkanes) is 13. The maximum atomic E-state index is 12.2. The zero-order chi connectivity index (χ0) is 22.2. The molecule has 1 atom stereocenters. The first-order valence-corrected chi connectivity index (χ1v) is 12.7. The van der Waals surface area contributed by atoms with Crippen molar-refractivity contribution in [3.63, 3.8) is 0 Å². The Morgan fingerprint density at radius 1 is 0.875 bits per heavy atom. The maximum absolute atomic E-state index is 12.2. The second-order valence-corrected chi connectivity index (χ2v) is 8.93. The number of carbonyl (C=O) groups excluding carboxylic acids is 1. The van der Waals surface area contributed by atoms with Crippen molar-refractivity contribution in [2.45, 2.75) is 109 Å². The SMILES string of the molecule is CCCCCCCCCCCCCCCCOC(=O)[C@@H](N)Cc1c[nH]c2ccccc12.[NaH]. The second-order valence-electron chi connectivity index (χ2n) is 8.93. The van der Waals surface area contributed by atoms with E-state index in [4.69, 9.17) is 10.5 Å². The van der Waals surface area contributed by atoms with Crippen molar-refractivity contribution in [3.8, 4) is 0 Å². The Kier molecular flexibility index (Phi) is 17.0. The fraction of sp³-hybridized carbons (Fsp3) is 0.667. The summed E-state index contributed by atoms with van der Waals surface area (Å²) in [5, 5.41) is 1.12. The van der Waals surface area contributed by atoms with E-state index in [-0.39, 0.29) is 35.5 Å². The van der Waals surface area contributed by atoms with Gasteiger partial charge in [-0.25, -0.2) is 0 Å². The van der Waals surface area contributed by atoms with Crippen LogP contribution in [0.3, 0.4) is 0 Å². The van der Waals surface area contributed by atoms with Gasteiger partial charge in [0.15, 0.2) is 0 Å². The van der Waals surface area contributed by atoms with Crippen molar-refractivity contribution >= 4 is 46.4 Å². The zero-order valence-electron chi connectivity index (χ0n) is 19.7. The third-order valence-corrected chi connectivity index (χ3v) is 6.16. The molecule has 5 heteroatoms. The first-order chi connectivity index (χ1) is 15.2. The van der Waals surface area contributed by atoms with Crippen LogP contribution in [-0.4, -0.2) is 53.2 Å². The molecule has 176 valence electrons. The van der Waals surface area contributed by atoms with Crippen LogP contribution in [-0.2, 0) is 16.0 Å². The predicted octanol–water partition coefficient (Wildman–Crippen LogP) is 6.41. The van der Waals surface area contributed by atoms with E-state index in [1.165, 1.54) is 77.0 Å². The van der Waals surface area contributed by atoms with Gasteiger partial charge in [-0.05, 0) is 18.1 Å². The fourth-order valence-electron chi connectivity index (χ4n) is 4.20. The van der Waals surface area contributed by atoms with Gasteiger partial charge >= 0.3 is 35.5 Å². The molecule has 2 aromatic rings.